The number of anilines is 2. The normalized spacial score (nSPS) is 19.1. The van der Waals surface area contributed by atoms with Crippen LogP contribution in [-0.4, -0.2) is 54.1 Å². The molecule has 0 radical (unpaired) electrons. The molecule has 202 valence electrons. The summed E-state index contributed by atoms with van der Waals surface area (Å²) < 4.78 is 20.3. The predicted molar refractivity (Wildman–Crippen MR) is 145 cm³/mol. The van der Waals surface area contributed by atoms with E-state index in [9.17, 15) is 14.0 Å². The molecule has 1 atom stereocenters. The van der Waals surface area contributed by atoms with Gasteiger partial charge in [0.05, 0.1) is 30.5 Å². The largest absolute Gasteiger partial charge is 0.496 e. The molecule has 6 rings (SSSR count). The monoisotopic (exact) mass is 530 g/mol. The van der Waals surface area contributed by atoms with Crippen LogP contribution in [0, 0.1) is 5.82 Å². The number of benzene rings is 1. The quantitative estimate of drug-likeness (QED) is 0.500. The molecule has 4 heterocycles. The average Bonchev–Trinajstić information content (AvgIpc) is 3.69. The van der Waals surface area contributed by atoms with Crippen LogP contribution in [-0.2, 0) is 6.54 Å². The molecule has 10 heteroatoms. The zero-order chi connectivity index (χ0) is 27.1. The van der Waals surface area contributed by atoms with Gasteiger partial charge in [-0.25, -0.2) is 9.37 Å². The van der Waals surface area contributed by atoms with E-state index < -0.39 is 5.82 Å². The van der Waals surface area contributed by atoms with Crippen molar-refractivity contribution >= 4 is 23.5 Å². The van der Waals surface area contributed by atoms with Crippen molar-refractivity contribution in [2.75, 3.05) is 30.0 Å². The second kappa shape index (κ2) is 10.3. The molecule has 3 aliphatic rings. The second-order valence-corrected chi connectivity index (χ2v) is 10.4. The van der Waals surface area contributed by atoms with Crippen LogP contribution in [0.5, 0.6) is 5.75 Å². The highest BCUT2D eigenvalue weighted by molar-refractivity contribution is 6.11. The number of ether oxygens (including phenoxy) is 1. The fourth-order valence-corrected chi connectivity index (χ4v) is 5.85. The van der Waals surface area contributed by atoms with Crippen LogP contribution in [0.3, 0.4) is 0 Å². The minimum absolute atomic E-state index is 0.0109. The number of halogens is 1. The van der Waals surface area contributed by atoms with Crippen molar-refractivity contribution in [3.63, 3.8) is 0 Å². The lowest BCUT2D eigenvalue weighted by atomic mass is 10.0. The van der Waals surface area contributed by atoms with Gasteiger partial charge in [-0.15, -0.1) is 0 Å². The Morgan fingerprint density at radius 1 is 1.15 bits per heavy atom. The Kier molecular flexibility index (Phi) is 6.64. The third-order valence-corrected chi connectivity index (χ3v) is 7.88. The molecule has 0 spiro atoms. The van der Waals surface area contributed by atoms with Crippen molar-refractivity contribution < 1.29 is 18.7 Å². The van der Waals surface area contributed by atoms with Gasteiger partial charge in [0.15, 0.2) is 0 Å². The third kappa shape index (κ3) is 4.58. The van der Waals surface area contributed by atoms with Crippen LogP contribution < -0.4 is 25.6 Å². The molecule has 1 aromatic carbocycles. The number of nitrogens with zero attached hydrogens (tertiary/aromatic N) is 4. The SMILES string of the molecule is COc1cccc(F)c1-c1nccc2c1CN(c1ccc(C(=O)NC3CCCC3)c(N3CCC(N)C3)n1)C2=O. The number of pyridine rings is 2. The summed E-state index contributed by atoms with van der Waals surface area (Å²) in [6.07, 6.45) is 6.48. The van der Waals surface area contributed by atoms with Crippen molar-refractivity contribution in [3.05, 3.63) is 65.1 Å². The Balaban J connectivity index is 1.36. The number of carbonyl (C=O) groups is 2. The average molecular weight is 531 g/mol. The van der Waals surface area contributed by atoms with Crippen molar-refractivity contribution in [1.82, 2.24) is 15.3 Å². The van der Waals surface area contributed by atoms with E-state index in [0.717, 1.165) is 32.1 Å². The highest BCUT2D eigenvalue weighted by Crippen LogP contribution is 2.39. The molecular formula is C29H31FN6O3. The smallest absolute Gasteiger partial charge is 0.260 e. The van der Waals surface area contributed by atoms with Gasteiger partial charge in [-0.05, 0) is 49.6 Å². The second-order valence-electron chi connectivity index (χ2n) is 10.4. The van der Waals surface area contributed by atoms with Crippen molar-refractivity contribution in [2.45, 2.75) is 50.7 Å². The molecule has 9 nitrogen and oxygen atoms in total. The molecule has 3 aromatic rings. The number of amides is 2. The van der Waals surface area contributed by atoms with Gasteiger partial charge in [-0.3, -0.25) is 19.5 Å². The van der Waals surface area contributed by atoms with E-state index in [4.69, 9.17) is 15.5 Å². The van der Waals surface area contributed by atoms with Crippen LogP contribution in [0.15, 0.2) is 42.6 Å². The molecule has 2 aromatic heterocycles. The lowest BCUT2D eigenvalue weighted by Crippen LogP contribution is -2.35. The Bertz CT molecular complexity index is 1440. The van der Waals surface area contributed by atoms with E-state index in [1.54, 1.807) is 35.2 Å². The fraction of sp³-hybridized carbons (Fsp3) is 0.379. The van der Waals surface area contributed by atoms with Gasteiger partial charge < -0.3 is 20.7 Å². The lowest BCUT2D eigenvalue weighted by molar-refractivity contribution is 0.0937. The van der Waals surface area contributed by atoms with Gasteiger partial charge in [-0.1, -0.05) is 18.9 Å². The van der Waals surface area contributed by atoms with Crippen LogP contribution in [0.25, 0.3) is 11.3 Å². The molecule has 0 bridgehead atoms. The van der Waals surface area contributed by atoms with Gasteiger partial charge in [0, 0.05) is 42.5 Å². The maximum absolute atomic E-state index is 14.9. The Morgan fingerprint density at radius 3 is 2.72 bits per heavy atom. The molecular weight excluding hydrogens is 499 g/mol. The Morgan fingerprint density at radius 2 is 1.97 bits per heavy atom. The first kappa shape index (κ1) is 25.2. The third-order valence-electron chi connectivity index (χ3n) is 7.88. The summed E-state index contributed by atoms with van der Waals surface area (Å²) in [4.78, 5) is 39.7. The number of nitrogens with two attached hydrogens (primary N) is 1. The van der Waals surface area contributed by atoms with Gasteiger partial charge in [0.2, 0.25) is 0 Å². The summed E-state index contributed by atoms with van der Waals surface area (Å²) >= 11 is 0. The van der Waals surface area contributed by atoms with Crippen LogP contribution in [0.2, 0.25) is 0 Å². The van der Waals surface area contributed by atoms with Gasteiger partial charge >= 0.3 is 0 Å². The van der Waals surface area contributed by atoms with E-state index in [-0.39, 0.29) is 36.0 Å². The van der Waals surface area contributed by atoms with E-state index >= 15 is 0 Å². The standard InChI is InChI=1S/C29H31FN6O3/c1-39-23-8-4-7-22(30)25(23)26-21-16-36(29(38)19(21)11-13-32-26)24-10-9-20(28(37)33-18-5-2-3-6-18)27(34-24)35-14-12-17(31)15-35/h4,7-11,13,17-18H,2-3,5-6,12,14-16,31H2,1H3,(H,33,37). The highest BCUT2D eigenvalue weighted by Gasteiger charge is 2.35. The Labute approximate surface area is 226 Å². The van der Waals surface area contributed by atoms with Gasteiger partial charge in [-0.2, -0.15) is 0 Å². The zero-order valence-electron chi connectivity index (χ0n) is 21.8. The molecule has 1 unspecified atom stereocenters. The highest BCUT2D eigenvalue weighted by atomic mass is 19.1. The van der Waals surface area contributed by atoms with E-state index in [1.807, 2.05) is 4.90 Å². The summed E-state index contributed by atoms with van der Waals surface area (Å²) in [5.74, 6) is 0.369. The summed E-state index contributed by atoms with van der Waals surface area (Å²) in [5, 5.41) is 3.15. The van der Waals surface area contributed by atoms with Crippen LogP contribution >= 0.6 is 0 Å². The molecule has 2 aliphatic heterocycles. The number of aromatic nitrogens is 2. The topological polar surface area (TPSA) is 114 Å². The van der Waals surface area contributed by atoms with Crippen molar-refractivity contribution in [2.24, 2.45) is 5.73 Å². The predicted octanol–water partition coefficient (Wildman–Crippen LogP) is 3.66. The number of nitrogens with one attached hydrogen (secondary N) is 1. The van der Waals surface area contributed by atoms with Crippen LogP contribution in [0.4, 0.5) is 16.0 Å². The number of hydrogen-bond donors (Lipinski definition) is 2. The lowest BCUT2D eigenvalue weighted by Gasteiger charge is -2.24. The maximum Gasteiger partial charge on any atom is 0.260 e. The summed E-state index contributed by atoms with van der Waals surface area (Å²) in [6.45, 7) is 1.42. The summed E-state index contributed by atoms with van der Waals surface area (Å²) in [7, 11) is 1.47. The molecule has 2 amide bonds. The number of hydrogen-bond acceptors (Lipinski definition) is 7. The van der Waals surface area contributed by atoms with E-state index in [1.165, 1.54) is 19.4 Å². The Hall–Kier alpha value is -4.05. The van der Waals surface area contributed by atoms with E-state index in [0.29, 0.717) is 52.9 Å². The first-order chi connectivity index (χ1) is 18.9. The van der Waals surface area contributed by atoms with Crippen molar-refractivity contribution in [3.8, 4) is 17.0 Å². The molecule has 39 heavy (non-hydrogen) atoms. The van der Waals surface area contributed by atoms with E-state index in [2.05, 4.69) is 10.3 Å². The molecule has 1 saturated heterocycles. The number of fused-ring (bicyclic) bond motifs is 1. The first-order valence-electron chi connectivity index (χ1n) is 13.4. The molecule has 2 fully saturated rings. The summed E-state index contributed by atoms with van der Waals surface area (Å²) in [6, 6.07) is 9.81. The van der Waals surface area contributed by atoms with Gasteiger partial charge in [0.25, 0.3) is 11.8 Å². The molecule has 1 aliphatic carbocycles. The zero-order valence-corrected chi connectivity index (χ0v) is 21.8. The number of carbonyl (C=O) groups excluding carboxylic acids is 2. The number of rotatable bonds is 6. The fourth-order valence-electron chi connectivity index (χ4n) is 5.85. The number of methoxy groups -OCH3 is 1. The minimum Gasteiger partial charge on any atom is -0.496 e. The molecule has 3 N–H and O–H groups in total. The van der Waals surface area contributed by atoms with Gasteiger partial charge in [0.1, 0.15) is 23.2 Å². The maximum atomic E-state index is 14.9. The summed E-state index contributed by atoms with van der Waals surface area (Å²) in [5.41, 5.74) is 8.26. The van der Waals surface area contributed by atoms with Crippen LogP contribution in [0.1, 0.15) is 58.4 Å². The minimum atomic E-state index is -0.482. The first-order valence-corrected chi connectivity index (χ1v) is 13.4. The molecule has 1 saturated carbocycles. The van der Waals surface area contributed by atoms with Crippen molar-refractivity contribution in [1.29, 1.82) is 0 Å².